The van der Waals surface area contributed by atoms with E-state index in [9.17, 15) is 4.79 Å². The van der Waals surface area contributed by atoms with E-state index in [0.717, 1.165) is 12.8 Å². The molecule has 4 nitrogen and oxygen atoms in total. The monoisotopic (exact) mass is 243 g/mol. The lowest BCUT2D eigenvalue weighted by atomic mass is 10.2. The molecule has 0 unspecified atom stereocenters. The molecule has 0 bridgehead atoms. The van der Waals surface area contributed by atoms with Crippen LogP contribution in [0.25, 0.3) is 0 Å². The molecular formula is C14H13NO3. The highest BCUT2D eigenvalue weighted by Gasteiger charge is 2.30. The van der Waals surface area contributed by atoms with Gasteiger partial charge in [-0.15, -0.1) is 0 Å². The number of hydrogen-bond acceptors (Lipinski definition) is 4. The highest BCUT2D eigenvalue weighted by atomic mass is 16.5. The minimum Gasteiger partial charge on any atom is -0.488 e. The first-order chi connectivity index (χ1) is 8.81. The Bertz CT molecular complexity index is 498. The maximum absolute atomic E-state index is 11.2. The van der Waals surface area contributed by atoms with Crippen LogP contribution < -0.4 is 4.74 Å². The molecular weight excluding hydrogens is 230 g/mol. The van der Waals surface area contributed by atoms with Crippen LogP contribution >= 0.6 is 0 Å². The zero-order chi connectivity index (χ0) is 12.8. The maximum Gasteiger partial charge on any atom is 0.313 e. The number of nitriles is 1. The molecule has 0 aliphatic heterocycles. The molecule has 1 aliphatic carbocycles. The topological polar surface area (TPSA) is 59.3 Å². The lowest BCUT2D eigenvalue weighted by Gasteiger charge is -2.04. The fourth-order valence-corrected chi connectivity index (χ4v) is 1.39. The van der Waals surface area contributed by atoms with Gasteiger partial charge < -0.3 is 9.47 Å². The normalized spacial score (nSPS) is 14.2. The molecule has 0 N–H and O–H groups in total. The minimum absolute atomic E-state index is 0.0925. The van der Waals surface area contributed by atoms with E-state index >= 15 is 0 Å². The fourth-order valence-electron chi connectivity index (χ4n) is 1.39. The van der Waals surface area contributed by atoms with Crippen molar-refractivity contribution in [2.24, 2.45) is 5.92 Å². The van der Waals surface area contributed by atoms with Gasteiger partial charge >= 0.3 is 5.97 Å². The third kappa shape index (κ3) is 3.36. The van der Waals surface area contributed by atoms with Crippen LogP contribution in [0.4, 0.5) is 0 Å². The number of rotatable bonds is 5. The number of nitrogens with zero attached hydrogens (tertiary/aromatic N) is 1. The molecule has 4 heteroatoms. The van der Waals surface area contributed by atoms with Crippen molar-refractivity contribution < 1.29 is 14.3 Å². The smallest absolute Gasteiger partial charge is 0.313 e. The van der Waals surface area contributed by atoms with Crippen LogP contribution in [-0.4, -0.2) is 12.6 Å². The van der Waals surface area contributed by atoms with Gasteiger partial charge in [-0.3, -0.25) is 4.79 Å². The van der Waals surface area contributed by atoms with Gasteiger partial charge in [0.05, 0.1) is 17.7 Å². The van der Waals surface area contributed by atoms with E-state index < -0.39 is 0 Å². The van der Waals surface area contributed by atoms with Crippen LogP contribution in [0.3, 0.4) is 0 Å². The van der Waals surface area contributed by atoms with Crippen LogP contribution in [0.15, 0.2) is 36.6 Å². The van der Waals surface area contributed by atoms with E-state index in [2.05, 4.69) is 0 Å². The zero-order valence-electron chi connectivity index (χ0n) is 9.83. The molecule has 0 amide bonds. The predicted molar refractivity (Wildman–Crippen MR) is 64.6 cm³/mol. The summed E-state index contributed by atoms with van der Waals surface area (Å²) in [4.78, 5) is 11.2. The van der Waals surface area contributed by atoms with E-state index in [0.29, 0.717) is 11.3 Å². The highest BCUT2D eigenvalue weighted by molar-refractivity contribution is 5.75. The first kappa shape index (κ1) is 12.2. The van der Waals surface area contributed by atoms with Crippen molar-refractivity contribution >= 4 is 5.97 Å². The second-order valence-electron chi connectivity index (χ2n) is 4.00. The summed E-state index contributed by atoms with van der Waals surface area (Å²) in [5, 5.41) is 8.84. The first-order valence-electron chi connectivity index (χ1n) is 5.78. The maximum atomic E-state index is 11.2. The molecule has 92 valence electrons. The minimum atomic E-state index is -0.177. The second kappa shape index (κ2) is 5.87. The second-order valence-corrected chi connectivity index (χ2v) is 4.00. The van der Waals surface area contributed by atoms with Gasteiger partial charge in [-0.2, -0.15) is 5.26 Å². The number of carbonyl (C=O) groups excluding carboxylic acids is 1. The third-order valence-electron chi connectivity index (χ3n) is 2.53. The Kier molecular flexibility index (Phi) is 3.98. The van der Waals surface area contributed by atoms with E-state index in [1.54, 1.807) is 30.3 Å². The van der Waals surface area contributed by atoms with Gasteiger partial charge in [-0.25, -0.2) is 0 Å². The molecule has 1 aromatic carbocycles. The number of carbonyl (C=O) groups is 1. The SMILES string of the molecule is N#Cc1ccccc1OC/C=C/OC(=O)C1CC1. The summed E-state index contributed by atoms with van der Waals surface area (Å²) in [7, 11) is 0. The van der Waals surface area contributed by atoms with Crippen molar-refractivity contribution in [2.45, 2.75) is 12.8 Å². The third-order valence-corrected chi connectivity index (χ3v) is 2.53. The lowest BCUT2D eigenvalue weighted by molar-refractivity contribution is -0.139. The average Bonchev–Trinajstić information content (AvgIpc) is 3.23. The predicted octanol–water partition coefficient (Wildman–Crippen LogP) is 2.40. The van der Waals surface area contributed by atoms with Crippen molar-refractivity contribution in [3.05, 3.63) is 42.2 Å². The van der Waals surface area contributed by atoms with Gasteiger partial charge in [0.15, 0.2) is 0 Å². The fraction of sp³-hybridized carbons (Fsp3) is 0.286. The van der Waals surface area contributed by atoms with Crippen molar-refractivity contribution in [1.29, 1.82) is 5.26 Å². The van der Waals surface area contributed by atoms with Crippen molar-refractivity contribution in [3.8, 4) is 11.8 Å². The summed E-state index contributed by atoms with van der Waals surface area (Å²) in [6, 6.07) is 9.03. The zero-order valence-corrected chi connectivity index (χ0v) is 9.83. The molecule has 0 saturated heterocycles. The Morgan fingerprint density at radius 2 is 2.22 bits per heavy atom. The van der Waals surface area contributed by atoms with Crippen molar-refractivity contribution in [1.82, 2.24) is 0 Å². The summed E-state index contributed by atoms with van der Waals surface area (Å²) in [6.45, 7) is 0.261. The number of ether oxygens (including phenoxy) is 2. The number of esters is 1. The van der Waals surface area contributed by atoms with Crippen molar-refractivity contribution in [2.75, 3.05) is 6.61 Å². The van der Waals surface area contributed by atoms with E-state index in [1.165, 1.54) is 6.26 Å². The number of hydrogen-bond donors (Lipinski definition) is 0. The molecule has 18 heavy (non-hydrogen) atoms. The van der Waals surface area contributed by atoms with Gasteiger partial charge in [-0.1, -0.05) is 12.1 Å². The van der Waals surface area contributed by atoms with Gasteiger partial charge in [0.1, 0.15) is 18.4 Å². The van der Waals surface area contributed by atoms with Crippen LogP contribution in [0.5, 0.6) is 5.75 Å². The first-order valence-corrected chi connectivity index (χ1v) is 5.78. The number of para-hydroxylation sites is 1. The Labute approximate surface area is 105 Å². The van der Waals surface area contributed by atoms with E-state index in [1.807, 2.05) is 6.07 Å². The lowest BCUT2D eigenvalue weighted by Crippen LogP contribution is -2.02. The van der Waals surface area contributed by atoms with Crippen molar-refractivity contribution in [3.63, 3.8) is 0 Å². The molecule has 1 saturated carbocycles. The van der Waals surface area contributed by atoms with Crippen LogP contribution in [0, 0.1) is 17.2 Å². The molecule has 0 atom stereocenters. The quantitative estimate of drug-likeness (QED) is 0.588. The largest absolute Gasteiger partial charge is 0.488 e. The van der Waals surface area contributed by atoms with Gasteiger partial charge in [0.2, 0.25) is 0 Å². The van der Waals surface area contributed by atoms with Crippen LogP contribution in [0.1, 0.15) is 18.4 Å². The Morgan fingerprint density at radius 3 is 2.94 bits per heavy atom. The Morgan fingerprint density at radius 1 is 1.44 bits per heavy atom. The molecule has 0 spiro atoms. The molecule has 1 aliphatic rings. The van der Waals surface area contributed by atoms with Crippen LogP contribution in [-0.2, 0) is 9.53 Å². The molecule has 0 aromatic heterocycles. The summed E-state index contributed by atoms with van der Waals surface area (Å²) in [5.74, 6) is 0.441. The van der Waals surface area contributed by atoms with E-state index in [4.69, 9.17) is 14.7 Å². The average molecular weight is 243 g/mol. The Balaban J connectivity index is 1.76. The van der Waals surface area contributed by atoms with Gasteiger partial charge in [0.25, 0.3) is 0 Å². The molecule has 1 aromatic rings. The van der Waals surface area contributed by atoms with Gasteiger partial charge in [-0.05, 0) is 31.1 Å². The summed E-state index contributed by atoms with van der Waals surface area (Å²) >= 11 is 0. The molecule has 2 rings (SSSR count). The molecule has 0 radical (unpaired) electrons. The summed E-state index contributed by atoms with van der Waals surface area (Å²) < 4.78 is 10.3. The van der Waals surface area contributed by atoms with Gasteiger partial charge in [0, 0.05) is 0 Å². The molecule has 0 heterocycles. The van der Waals surface area contributed by atoms with E-state index in [-0.39, 0.29) is 18.5 Å². The molecule has 1 fully saturated rings. The summed E-state index contributed by atoms with van der Waals surface area (Å²) in [5.41, 5.74) is 0.487. The standard InChI is InChI=1S/C14H13NO3/c15-10-12-4-1-2-5-13(12)17-8-3-9-18-14(16)11-6-7-11/h1-5,9,11H,6-8H2/b9-3+. The van der Waals surface area contributed by atoms with Crippen LogP contribution in [0.2, 0.25) is 0 Å². The summed E-state index contributed by atoms with van der Waals surface area (Å²) in [6.07, 6.45) is 4.81. The Hall–Kier alpha value is -2.28. The highest BCUT2D eigenvalue weighted by Crippen LogP contribution is 2.30. The number of benzene rings is 1.